The molecule has 0 saturated heterocycles. The first-order valence-corrected chi connectivity index (χ1v) is 4.64. The molecule has 0 aromatic heterocycles. The molecular weight excluding hydrogens is 184 g/mol. The average molecular weight is 202 g/mol. The van der Waals surface area contributed by atoms with Crippen LogP contribution >= 0.6 is 0 Å². The molecule has 0 saturated carbocycles. The van der Waals surface area contributed by atoms with Gasteiger partial charge in [-0.25, -0.2) is 0 Å². The van der Waals surface area contributed by atoms with E-state index in [0.29, 0.717) is 12.8 Å². The summed E-state index contributed by atoms with van der Waals surface area (Å²) in [5, 5.41) is 0. The van der Waals surface area contributed by atoms with E-state index >= 15 is 0 Å². The highest BCUT2D eigenvalue weighted by Crippen LogP contribution is 2.19. The fraction of sp³-hybridized carbons (Fsp3) is 0.800. The number of hydrogen-bond donors (Lipinski definition) is 0. The van der Waals surface area contributed by atoms with Crippen LogP contribution < -0.4 is 0 Å². The zero-order valence-corrected chi connectivity index (χ0v) is 9.20. The minimum Gasteiger partial charge on any atom is -0.469 e. The summed E-state index contributed by atoms with van der Waals surface area (Å²) >= 11 is 0. The third kappa shape index (κ3) is 4.84. The first kappa shape index (κ1) is 12.9. The second-order valence-electron chi connectivity index (χ2n) is 3.52. The van der Waals surface area contributed by atoms with Gasteiger partial charge >= 0.3 is 11.9 Å². The number of carbonyl (C=O) groups excluding carboxylic acids is 2. The largest absolute Gasteiger partial charge is 0.469 e. The number of hydrogen-bond acceptors (Lipinski definition) is 4. The Morgan fingerprint density at radius 1 is 0.929 bits per heavy atom. The van der Waals surface area contributed by atoms with E-state index in [1.54, 1.807) is 0 Å². The molecule has 0 amide bonds. The van der Waals surface area contributed by atoms with E-state index in [1.165, 1.54) is 14.2 Å². The van der Waals surface area contributed by atoms with Crippen LogP contribution in [0.1, 0.15) is 26.7 Å². The molecule has 0 heterocycles. The highest BCUT2D eigenvalue weighted by molar-refractivity contribution is 5.71. The number of esters is 2. The summed E-state index contributed by atoms with van der Waals surface area (Å²) in [5.74, 6) is -0.230. The lowest BCUT2D eigenvalue weighted by Gasteiger charge is -2.17. The van der Waals surface area contributed by atoms with E-state index in [2.05, 4.69) is 9.47 Å². The van der Waals surface area contributed by atoms with Gasteiger partial charge < -0.3 is 9.47 Å². The Hall–Kier alpha value is -1.06. The molecule has 0 aromatic rings. The average Bonchev–Trinajstić information content (AvgIpc) is 2.17. The molecule has 0 spiro atoms. The van der Waals surface area contributed by atoms with Gasteiger partial charge in [-0.1, -0.05) is 13.8 Å². The third-order valence-corrected chi connectivity index (χ3v) is 2.40. The standard InChI is InChI=1S/C10H18O4/c1-7(5-9(11)13-3)8(2)6-10(12)14-4/h7-8H,5-6H2,1-4H3/t7-,8-/m0/s1. The minimum atomic E-state index is -0.241. The molecule has 0 N–H and O–H groups in total. The molecule has 0 aliphatic carbocycles. The van der Waals surface area contributed by atoms with Crippen LogP contribution in [-0.4, -0.2) is 26.2 Å². The summed E-state index contributed by atoms with van der Waals surface area (Å²) in [4.78, 5) is 21.9. The van der Waals surface area contributed by atoms with Crippen molar-refractivity contribution in [1.82, 2.24) is 0 Å². The number of methoxy groups -OCH3 is 2. The summed E-state index contributed by atoms with van der Waals surface area (Å²) in [6.45, 7) is 3.84. The lowest BCUT2D eigenvalue weighted by molar-refractivity contribution is -0.145. The van der Waals surface area contributed by atoms with E-state index in [4.69, 9.17) is 0 Å². The highest BCUT2D eigenvalue weighted by Gasteiger charge is 2.19. The van der Waals surface area contributed by atoms with E-state index in [9.17, 15) is 9.59 Å². The normalized spacial score (nSPS) is 14.3. The zero-order valence-electron chi connectivity index (χ0n) is 9.20. The van der Waals surface area contributed by atoms with Crippen molar-refractivity contribution in [3.8, 4) is 0 Å². The second kappa shape index (κ2) is 6.40. The molecule has 0 rings (SSSR count). The van der Waals surface area contributed by atoms with Crippen LogP contribution in [0.3, 0.4) is 0 Å². The van der Waals surface area contributed by atoms with Crippen molar-refractivity contribution >= 4 is 11.9 Å². The summed E-state index contributed by atoms with van der Waals surface area (Å²) in [6.07, 6.45) is 0.684. The molecule has 0 bridgehead atoms. The molecule has 0 aliphatic heterocycles. The van der Waals surface area contributed by atoms with Crippen LogP contribution in [0.25, 0.3) is 0 Å². The van der Waals surface area contributed by atoms with Crippen molar-refractivity contribution in [2.75, 3.05) is 14.2 Å². The van der Waals surface area contributed by atoms with Gasteiger partial charge in [-0.05, 0) is 11.8 Å². The Kier molecular flexibility index (Phi) is 5.92. The quantitative estimate of drug-likeness (QED) is 0.632. The van der Waals surface area contributed by atoms with Gasteiger partial charge in [0.2, 0.25) is 0 Å². The molecule has 4 heteroatoms. The summed E-state index contributed by atoms with van der Waals surface area (Å²) in [7, 11) is 2.72. The van der Waals surface area contributed by atoms with Gasteiger partial charge in [0, 0.05) is 12.8 Å². The Morgan fingerprint density at radius 2 is 1.21 bits per heavy atom. The van der Waals surface area contributed by atoms with E-state index < -0.39 is 0 Å². The topological polar surface area (TPSA) is 52.6 Å². The van der Waals surface area contributed by atoms with Crippen LogP contribution in [0.2, 0.25) is 0 Å². The predicted molar refractivity (Wildman–Crippen MR) is 51.6 cm³/mol. The van der Waals surface area contributed by atoms with Crippen molar-refractivity contribution in [2.45, 2.75) is 26.7 Å². The molecule has 14 heavy (non-hydrogen) atoms. The maximum Gasteiger partial charge on any atom is 0.305 e. The maximum atomic E-state index is 10.9. The first-order chi connectivity index (χ1) is 6.51. The Balaban J connectivity index is 3.92. The molecular formula is C10H18O4. The number of rotatable bonds is 5. The molecule has 0 aromatic carbocycles. The monoisotopic (exact) mass is 202 g/mol. The summed E-state index contributed by atoms with van der Waals surface area (Å²) < 4.78 is 9.09. The van der Waals surface area contributed by atoms with Crippen LogP contribution in [-0.2, 0) is 19.1 Å². The van der Waals surface area contributed by atoms with Crippen molar-refractivity contribution in [3.05, 3.63) is 0 Å². The van der Waals surface area contributed by atoms with E-state index in [1.807, 2.05) is 13.8 Å². The van der Waals surface area contributed by atoms with Crippen molar-refractivity contribution in [1.29, 1.82) is 0 Å². The minimum absolute atomic E-state index is 0.126. The highest BCUT2D eigenvalue weighted by atomic mass is 16.5. The van der Waals surface area contributed by atoms with Gasteiger partial charge in [-0.2, -0.15) is 0 Å². The molecule has 0 radical (unpaired) electrons. The molecule has 0 unspecified atom stereocenters. The summed E-state index contributed by atoms with van der Waals surface area (Å²) in [6, 6.07) is 0. The smallest absolute Gasteiger partial charge is 0.305 e. The van der Waals surface area contributed by atoms with Crippen molar-refractivity contribution in [2.24, 2.45) is 11.8 Å². The van der Waals surface area contributed by atoms with Gasteiger partial charge in [-0.3, -0.25) is 9.59 Å². The Morgan fingerprint density at radius 3 is 1.43 bits per heavy atom. The molecule has 0 aliphatic rings. The van der Waals surface area contributed by atoms with Crippen LogP contribution in [0.5, 0.6) is 0 Å². The lowest BCUT2D eigenvalue weighted by atomic mass is 9.90. The third-order valence-electron chi connectivity index (χ3n) is 2.40. The zero-order chi connectivity index (χ0) is 11.1. The molecule has 2 atom stereocenters. The van der Waals surface area contributed by atoms with Crippen LogP contribution in [0.4, 0.5) is 0 Å². The van der Waals surface area contributed by atoms with Gasteiger partial charge in [0.25, 0.3) is 0 Å². The van der Waals surface area contributed by atoms with Gasteiger partial charge in [-0.15, -0.1) is 0 Å². The lowest BCUT2D eigenvalue weighted by Crippen LogP contribution is -2.17. The van der Waals surface area contributed by atoms with Gasteiger partial charge in [0.15, 0.2) is 0 Å². The Labute approximate surface area is 84.6 Å². The summed E-state index contributed by atoms with van der Waals surface area (Å²) in [5.41, 5.74) is 0. The van der Waals surface area contributed by atoms with E-state index in [-0.39, 0.29) is 23.8 Å². The van der Waals surface area contributed by atoms with Crippen LogP contribution in [0.15, 0.2) is 0 Å². The van der Waals surface area contributed by atoms with Crippen LogP contribution in [0, 0.1) is 11.8 Å². The van der Waals surface area contributed by atoms with E-state index in [0.717, 1.165) is 0 Å². The number of carbonyl (C=O) groups is 2. The fourth-order valence-corrected chi connectivity index (χ4v) is 1.09. The van der Waals surface area contributed by atoms with Gasteiger partial charge in [0.05, 0.1) is 14.2 Å². The first-order valence-electron chi connectivity index (χ1n) is 4.64. The molecule has 82 valence electrons. The molecule has 0 fully saturated rings. The predicted octanol–water partition coefficient (Wildman–Crippen LogP) is 1.38. The SMILES string of the molecule is COC(=O)C[C@H](C)[C@@H](C)CC(=O)OC. The van der Waals surface area contributed by atoms with Crippen molar-refractivity contribution < 1.29 is 19.1 Å². The second-order valence-corrected chi connectivity index (χ2v) is 3.52. The fourth-order valence-electron chi connectivity index (χ4n) is 1.09. The maximum absolute atomic E-state index is 10.9. The van der Waals surface area contributed by atoms with Gasteiger partial charge in [0.1, 0.15) is 0 Å². The molecule has 4 nitrogen and oxygen atoms in total. The number of ether oxygens (including phenoxy) is 2. The Bertz CT molecular complexity index is 178. The van der Waals surface area contributed by atoms with Crippen molar-refractivity contribution in [3.63, 3.8) is 0 Å².